The minimum absolute atomic E-state index is 0.659. The molecule has 0 amide bonds. The zero-order valence-corrected chi connectivity index (χ0v) is 26.8. The van der Waals surface area contributed by atoms with Gasteiger partial charge in [0.05, 0.1) is 17.1 Å². The number of hydrogen-bond donors (Lipinski definition) is 0. The fourth-order valence-electron chi connectivity index (χ4n) is 5.90. The summed E-state index contributed by atoms with van der Waals surface area (Å²) >= 11 is 0. The summed E-state index contributed by atoms with van der Waals surface area (Å²) in [6.07, 6.45) is 13.2. The Bertz CT molecular complexity index is 2170. The van der Waals surface area contributed by atoms with Crippen LogP contribution < -0.4 is 4.74 Å². The van der Waals surface area contributed by atoms with Gasteiger partial charge in [0.15, 0.2) is 17.5 Å². The van der Waals surface area contributed by atoms with E-state index in [-0.39, 0.29) is 0 Å². The van der Waals surface area contributed by atoms with Crippen molar-refractivity contribution in [3.8, 4) is 51.2 Å². The Morgan fingerprint density at radius 1 is 0.510 bits per heavy atom. The van der Waals surface area contributed by atoms with Gasteiger partial charge in [-0.3, -0.25) is 9.98 Å². The predicted molar refractivity (Wildman–Crippen MR) is 194 cm³/mol. The highest BCUT2D eigenvalue weighted by atomic mass is 16.5. The first-order chi connectivity index (χ1) is 24.2. The van der Waals surface area contributed by atoms with Gasteiger partial charge in [0, 0.05) is 46.8 Å². The number of benzene rings is 3. The third-order valence-corrected chi connectivity index (χ3v) is 8.47. The molecule has 0 fully saturated rings. The standard InChI is InChI=1S/C42H32N6O/c1-3-11-30(12-4-1)40-46-41(31-13-5-2-6-14-31)48-42(47-40)32-19-23-35(24-20-32)49-34-21-17-29(18-22-34)38-27-33(36-15-7-9-25-43-36)28-39(45-38)37-16-8-10-26-44-37/h1-6,8-14,16-19,21-23,25-28H,7,15,20,24H2. The molecule has 0 radical (unpaired) electrons. The molecule has 6 aromatic rings. The summed E-state index contributed by atoms with van der Waals surface area (Å²) in [7, 11) is 0. The first-order valence-electron chi connectivity index (χ1n) is 16.5. The van der Waals surface area contributed by atoms with Gasteiger partial charge < -0.3 is 4.74 Å². The lowest BCUT2D eigenvalue weighted by Crippen LogP contribution is -2.06. The fraction of sp³-hybridized carbons (Fsp3) is 0.0952. The monoisotopic (exact) mass is 636 g/mol. The van der Waals surface area contributed by atoms with Crippen LogP contribution in [0, 0.1) is 0 Å². The Morgan fingerprint density at radius 2 is 1.20 bits per heavy atom. The lowest BCUT2D eigenvalue weighted by Gasteiger charge is -2.16. The normalized spacial score (nSPS) is 14.1. The van der Waals surface area contributed by atoms with E-state index in [9.17, 15) is 0 Å². The topological polar surface area (TPSA) is 86.0 Å². The molecule has 236 valence electrons. The summed E-state index contributed by atoms with van der Waals surface area (Å²) < 4.78 is 6.33. The Hall–Kier alpha value is -6.34. The van der Waals surface area contributed by atoms with E-state index in [1.165, 1.54) is 0 Å². The van der Waals surface area contributed by atoms with E-state index in [1.54, 1.807) is 6.20 Å². The highest BCUT2D eigenvalue weighted by Gasteiger charge is 2.17. The van der Waals surface area contributed by atoms with E-state index >= 15 is 0 Å². The quantitative estimate of drug-likeness (QED) is 0.165. The Morgan fingerprint density at radius 3 is 1.84 bits per heavy atom. The first kappa shape index (κ1) is 30.0. The number of hydrogen-bond acceptors (Lipinski definition) is 7. The number of pyridine rings is 2. The van der Waals surface area contributed by atoms with Crippen molar-refractivity contribution in [3.05, 3.63) is 163 Å². The largest absolute Gasteiger partial charge is 0.462 e. The highest BCUT2D eigenvalue weighted by Crippen LogP contribution is 2.31. The van der Waals surface area contributed by atoms with Gasteiger partial charge in [0.2, 0.25) is 0 Å². The molecule has 3 aromatic carbocycles. The van der Waals surface area contributed by atoms with Crippen LogP contribution in [0.3, 0.4) is 0 Å². The maximum atomic E-state index is 6.33. The van der Waals surface area contributed by atoms with E-state index in [0.29, 0.717) is 17.5 Å². The van der Waals surface area contributed by atoms with Crippen LogP contribution in [0.4, 0.5) is 0 Å². The van der Waals surface area contributed by atoms with Crippen molar-refractivity contribution in [3.63, 3.8) is 0 Å². The van der Waals surface area contributed by atoms with Crippen molar-refractivity contribution < 1.29 is 4.74 Å². The highest BCUT2D eigenvalue weighted by molar-refractivity contribution is 6.02. The van der Waals surface area contributed by atoms with Crippen LogP contribution in [0.1, 0.15) is 37.1 Å². The molecule has 0 atom stereocenters. The third kappa shape index (κ3) is 6.87. The van der Waals surface area contributed by atoms with Crippen LogP contribution >= 0.6 is 0 Å². The van der Waals surface area contributed by atoms with E-state index in [1.807, 2.05) is 103 Å². The molecule has 49 heavy (non-hydrogen) atoms. The Labute approximate surface area is 285 Å². The number of allylic oxidation sites excluding steroid dienone is 5. The van der Waals surface area contributed by atoms with E-state index in [4.69, 9.17) is 24.7 Å². The molecule has 1 aliphatic carbocycles. The molecular weight excluding hydrogens is 605 g/mol. The van der Waals surface area contributed by atoms with Gasteiger partial charge in [0.25, 0.3) is 0 Å². The maximum Gasteiger partial charge on any atom is 0.164 e. The van der Waals surface area contributed by atoms with Crippen molar-refractivity contribution >= 4 is 11.3 Å². The van der Waals surface area contributed by atoms with Crippen molar-refractivity contribution in [2.75, 3.05) is 0 Å². The molecule has 3 aromatic heterocycles. The van der Waals surface area contributed by atoms with Crippen LogP contribution in [0.15, 0.2) is 157 Å². The summed E-state index contributed by atoms with van der Waals surface area (Å²) in [5.74, 6) is 3.66. The number of rotatable bonds is 8. The first-order valence-corrected chi connectivity index (χ1v) is 16.5. The van der Waals surface area contributed by atoms with Crippen LogP contribution in [0.5, 0.6) is 5.75 Å². The lowest BCUT2D eigenvalue weighted by molar-refractivity contribution is 0.403. The van der Waals surface area contributed by atoms with Gasteiger partial charge in [-0.05, 0) is 79.4 Å². The Kier molecular flexibility index (Phi) is 8.45. The number of aliphatic imine (C=N–C) groups is 1. The lowest BCUT2D eigenvalue weighted by atomic mass is 10.00. The average molecular weight is 637 g/mol. The molecule has 0 saturated heterocycles. The second-order valence-electron chi connectivity index (χ2n) is 11.8. The van der Waals surface area contributed by atoms with Gasteiger partial charge in [-0.1, -0.05) is 78.9 Å². The minimum atomic E-state index is 0.659. The summed E-state index contributed by atoms with van der Waals surface area (Å²) in [5.41, 5.74) is 8.61. The molecule has 0 N–H and O–H groups in total. The van der Waals surface area contributed by atoms with E-state index in [0.717, 1.165) is 87.8 Å². The van der Waals surface area contributed by atoms with Gasteiger partial charge in [-0.2, -0.15) is 0 Å². The molecule has 7 heteroatoms. The van der Waals surface area contributed by atoms with Crippen LogP contribution in [0.2, 0.25) is 0 Å². The van der Waals surface area contributed by atoms with Gasteiger partial charge >= 0.3 is 0 Å². The minimum Gasteiger partial charge on any atom is -0.462 e. The zero-order chi connectivity index (χ0) is 32.8. The van der Waals surface area contributed by atoms with Gasteiger partial charge in [-0.25, -0.2) is 19.9 Å². The van der Waals surface area contributed by atoms with E-state index in [2.05, 4.69) is 46.4 Å². The number of ether oxygens (including phenoxy) is 1. The average Bonchev–Trinajstić information content (AvgIpc) is 3.19. The molecular formula is C42H32N6O. The smallest absolute Gasteiger partial charge is 0.164 e. The third-order valence-electron chi connectivity index (χ3n) is 8.47. The predicted octanol–water partition coefficient (Wildman–Crippen LogP) is 9.57. The van der Waals surface area contributed by atoms with Crippen molar-refractivity contribution in [1.82, 2.24) is 24.9 Å². The second-order valence-corrected chi connectivity index (χ2v) is 11.8. The zero-order valence-electron chi connectivity index (χ0n) is 26.8. The molecule has 7 nitrogen and oxygen atoms in total. The molecule has 0 bridgehead atoms. The van der Waals surface area contributed by atoms with Crippen LogP contribution in [-0.2, 0) is 0 Å². The van der Waals surface area contributed by atoms with Crippen LogP contribution in [-0.4, -0.2) is 30.6 Å². The van der Waals surface area contributed by atoms with Gasteiger partial charge in [0.1, 0.15) is 11.5 Å². The summed E-state index contributed by atoms with van der Waals surface area (Å²) in [5, 5.41) is 0. The molecule has 2 aliphatic rings. The maximum absolute atomic E-state index is 6.33. The van der Waals surface area contributed by atoms with Crippen molar-refractivity contribution in [1.29, 1.82) is 0 Å². The molecule has 4 heterocycles. The molecule has 8 rings (SSSR count). The Balaban J connectivity index is 1.04. The van der Waals surface area contributed by atoms with Crippen LogP contribution in [0.25, 0.3) is 51.0 Å². The SMILES string of the molecule is C1=CN=C(c2cc(-c3ccc(OC4=CC=C(c5nc(-c6ccccc6)nc(-c6ccccc6)n5)CC4)cc3)nc(-c3ccccn3)c2)CC1. The molecule has 1 aliphatic heterocycles. The molecule has 0 unspecified atom stereocenters. The van der Waals surface area contributed by atoms with E-state index < -0.39 is 0 Å². The summed E-state index contributed by atoms with van der Waals surface area (Å²) in [6, 6.07) is 38.2. The summed E-state index contributed by atoms with van der Waals surface area (Å²) in [4.78, 5) is 28.8. The number of nitrogens with zero attached hydrogens (tertiary/aromatic N) is 6. The van der Waals surface area contributed by atoms with Crippen molar-refractivity contribution in [2.45, 2.75) is 25.7 Å². The number of aromatic nitrogens is 5. The van der Waals surface area contributed by atoms with Crippen molar-refractivity contribution in [2.24, 2.45) is 4.99 Å². The second kappa shape index (κ2) is 13.8. The van der Waals surface area contributed by atoms with Gasteiger partial charge in [-0.15, -0.1) is 0 Å². The molecule has 0 saturated carbocycles. The molecule has 0 spiro atoms. The fourth-order valence-corrected chi connectivity index (χ4v) is 5.90. The summed E-state index contributed by atoms with van der Waals surface area (Å²) in [6.45, 7) is 0.